The molecule has 0 saturated heterocycles. The zero-order chi connectivity index (χ0) is 15.5. The quantitative estimate of drug-likeness (QED) is 0.570. The predicted molar refractivity (Wildman–Crippen MR) is 81.5 cm³/mol. The zero-order valence-electron chi connectivity index (χ0n) is 11.4. The van der Waals surface area contributed by atoms with E-state index in [1.807, 2.05) is 30.3 Å². The number of benzene rings is 2. The van der Waals surface area contributed by atoms with Crippen LogP contribution in [0.25, 0.3) is 10.9 Å². The minimum absolute atomic E-state index is 0.105. The van der Waals surface area contributed by atoms with Crippen molar-refractivity contribution in [3.63, 3.8) is 0 Å². The van der Waals surface area contributed by atoms with E-state index in [9.17, 15) is 14.9 Å². The zero-order valence-corrected chi connectivity index (χ0v) is 11.4. The second kappa shape index (κ2) is 5.65. The van der Waals surface area contributed by atoms with Crippen molar-refractivity contribution in [1.82, 2.24) is 10.2 Å². The van der Waals surface area contributed by atoms with E-state index >= 15 is 0 Å². The van der Waals surface area contributed by atoms with Gasteiger partial charge in [-0.1, -0.05) is 30.3 Å². The molecule has 0 spiro atoms. The lowest BCUT2D eigenvalue weighted by Gasteiger charge is -2.06. The van der Waals surface area contributed by atoms with Crippen molar-refractivity contribution in [3.05, 3.63) is 64.3 Å². The monoisotopic (exact) mass is 296 g/mol. The molecule has 7 nitrogen and oxygen atoms in total. The second-order valence-corrected chi connectivity index (χ2v) is 4.79. The Labute approximate surface area is 125 Å². The molecule has 3 aromatic rings. The first-order valence-corrected chi connectivity index (χ1v) is 6.59. The summed E-state index contributed by atoms with van der Waals surface area (Å²) in [5.41, 5.74) is 1.64. The fourth-order valence-electron chi connectivity index (χ4n) is 2.22. The van der Waals surface area contributed by atoms with Crippen LogP contribution >= 0.6 is 0 Å². The molecule has 1 amide bonds. The fraction of sp³-hybridized carbons (Fsp3) is 0.0667. The molecule has 0 atom stereocenters. The minimum Gasteiger partial charge on any atom is -0.325 e. The molecule has 0 saturated carbocycles. The Morgan fingerprint density at radius 3 is 2.77 bits per heavy atom. The van der Waals surface area contributed by atoms with E-state index in [1.54, 1.807) is 0 Å². The molecule has 2 aromatic carbocycles. The molecular weight excluding hydrogens is 284 g/mol. The topological polar surface area (TPSA) is 101 Å². The summed E-state index contributed by atoms with van der Waals surface area (Å²) in [5, 5.41) is 20.8. The SMILES string of the molecule is O=C(Cc1ccccc1)Nc1cc([N+](=O)[O-])cc2[nH]ncc12. The molecule has 2 N–H and O–H groups in total. The number of nitrogens with zero attached hydrogens (tertiary/aromatic N) is 2. The van der Waals surface area contributed by atoms with Crippen molar-refractivity contribution in [2.45, 2.75) is 6.42 Å². The maximum absolute atomic E-state index is 12.1. The van der Waals surface area contributed by atoms with Crippen molar-refractivity contribution in [2.75, 3.05) is 5.32 Å². The minimum atomic E-state index is -0.507. The van der Waals surface area contributed by atoms with Crippen LogP contribution in [0, 0.1) is 10.1 Å². The van der Waals surface area contributed by atoms with Crippen LogP contribution in [-0.4, -0.2) is 21.0 Å². The van der Waals surface area contributed by atoms with E-state index < -0.39 is 4.92 Å². The molecule has 0 fully saturated rings. The Morgan fingerprint density at radius 1 is 1.27 bits per heavy atom. The molecule has 3 rings (SSSR count). The number of aromatic amines is 1. The van der Waals surface area contributed by atoms with Crippen molar-refractivity contribution in [3.8, 4) is 0 Å². The van der Waals surface area contributed by atoms with Crippen molar-refractivity contribution in [2.24, 2.45) is 0 Å². The molecular formula is C15H12N4O3. The number of anilines is 1. The van der Waals surface area contributed by atoms with Crippen molar-refractivity contribution < 1.29 is 9.72 Å². The van der Waals surface area contributed by atoms with Crippen molar-refractivity contribution in [1.29, 1.82) is 0 Å². The Kier molecular flexibility index (Phi) is 3.53. The molecule has 0 unspecified atom stereocenters. The van der Waals surface area contributed by atoms with Gasteiger partial charge in [0, 0.05) is 17.5 Å². The van der Waals surface area contributed by atoms with E-state index in [1.165, 1.54) is 18.3 Å². The highest BCUT2D eigenvalue weighted by Gasteiger charge is 2.14. The third-order valence-electron chi connectivity index (χ3n) is 3.24. The van der Waals surface area contributed by atoms with Crippen LogP contribution in [0.2, 0.25) is 0 Å². The van der Waals surface area contributed by atoms with Crippen LogP contribution in [0.15, 0.2) is 48.7 Å². The van der Waals surface area contributed by atoms with E-state index in [0.717, 1.165) is 5.56 Å². The number of fused-ring (bicyclic) bond motifs is 1. The van der Waals surface area contributed by atoms with Gasteiger partial charge in [0.1, 0.15) is 0 Å². The van der Waals surface area contributed by atoms with Gasteiger partial charge in [-0.05, 0) is 5.56 Å². The molecule has 0 aliphatic heterocycles. The Balaban J connectivity index is 1.88. The molecule has 7 heteroatoms. The van der Waals surface area contributed by atoms with E-state index in [-0.39, 0.29) is 18.0 Å². The van der Waals surface area contributed by atoms with Gasteiger partial charge in [0.15, 0.2) is 0 Å². The molecule has 1 aromatic heterocycles. The summed E-state index contributed by atoms with van der Waals surface area (Å²) in [4.78, 5) is 22.6. The van der Waals surface area contributed by atoms with Gasteiger partial charge in [0.05, 0.1) is 28.7 Å². The Morgan fingerprint density at radius 2 is 2.05 bits per heavy atom. The first-order chi connectivity index (χ1) is 10.6. The predicted octanol–water partition coefficient (Wildman–Crippen LogP) is 2.65. The van der Waals surface area contributed by atoms with Crippen LogP contribution in [0.1, 0.15) is 5.56 Å². The highest BCUT2D eigenvalue weighted by atomic mass is 16.6. The highest BCUT2D eigenvalue weighted by molar-refractivity contribution is 6.02. The van der Waals surface area contributed by atoms with Gasteiger partial charge in [0.25, 0.3) is 5.69 Å². The molecule has 0 radical (unpaired) electrons. The third-order valence-corrected chi connectivity index (χ3v) is 3.24. The number of carbonyl (C=O) groups excluding carboxylic acids is 1. The number of hydrogen-bond donors (Lipinski definition) is 2. The number of hydrogen-bond acceptors (Lipinski definition) is 4. The largest absolute Gasteiger partial charge is 0.325 e. The number of nitro groups is 1. The van der Waals surface area contributed by atoms with Crippen LogP contribution in [0.4, 0.5) is 11.4 Å². The Bertz CT molecular complexity index is 842. The van der Waals surface area contributed by atoms with Crippen LogP contribution in [0.3, 0.4) is 0 Å². The lowest BCUT2D eigenvalue weighted by atomic mass is 10.1. The number of nitro benzene ring substituents is 1. The number of non-ortho nitro benzene ring substituents is 1. The first kappa shape index (κ1) is 13.7. The summed E-state index contributed by atoms with van der Waals surface area (Å²) in [7, 11) is 0. The maximum Gasteiger partial charge on any atom is 0.273 e. The number of rotatable bonds is 4. The lowest BCUT2D eigenvalue weighted by molar-refractivity contribution is -0.384. The van der Waals surface area contributed by atoms with Gasteiger partial charge in [-0.15, -0.1) is 0 Å². The normalized spacial score (nSPS) is 10.5. The van der Waals surface area contributed by atoms with Gasteiger partial charge in [-0.25, -0.2) is 0 Å². The van der Waals surface area contributed by atoms with Gasteiger partial charge in [0.2, 0.25) is 5.91 Å². The number of H-pyrrole nitrogens is 1. The molecule has 110 valence electrons. The number of carbonyl (C=O) groups is 1. The van der Waals surface area contributed by atoms with Gasteiger partial charge >= 0.3 is 0 Å². The van der Waals surface area contributed by atoms with E-state index in [0.29, 0.717) is 16.6 Å². The van der Waals surface area contributed by atoms with Crippen LogP contribution in [0.5, 0.6) is 0 Å². The summed E-state index contributed by atoms with van der Waals surface area (Å²) in [6.07, 6.45) is 1.72. The molecule has 0 aliphatic carbocycles. The summed E-state index contributed by atoms with van der Waals surface area (Å²) in [6, 6.07) is 12.0. The number of amides is 1. The van der Waals surface area contributed by atoms with Gasteiger partial charge in [-0.2, -0.15) is 5.10 Å². The Hall–Kier alpha value is -3.22. The maximum atomic E-state index is 12.1. The van der Waals surface area contributed by atoms with Gasteiger partial charge < -0.3 is 5.32 Å². The molecule has 1 heterocycles. The number of nitrogens with one attached hydrogen (secondary N) is 2. The standard InChI is InChI=1S/C15H12N4O3/c20-15(6-10-4-2-1-3-5-10)17-13-7-11(19(21)22)8-14-12(13)9-16-18-14/h1-5,7-9H,6H2,(H,16,18)(H,17,20). The van der Waals surface area contributed by atoms with Crippen LogP contribution in [-0.2, 0) is 11.2 Å². The van der Waals surface area contributed by atoms with E-state index in [2.05, 4.69) is 15.5 Å². The van der Waals surface area contributed by atoms with Crippen molar-refractivity contribution >= 4 is 28.2 Å². The van der Waals surface area contributed by atoms with Crippen LogP contribution < -0.4 is 5.32 Å². The average molecular weight is 296 g/mol. The molecule has 22 heavy (non-hydrogen) atoms. The first-order valence-electron chi connectivity index (χ1n) is 6.59. The summed E-state index contributed by atoms with van der Waals surface area (Å²) in [5.74, 6) is -0.241. The highest BCUT2D eigenvalue weighted by Crippen LogP contribution is 2.27. The smallest absolute Gasteiger partial charge is 0.273 e. The summed E-state index contributed by atoms with van der Waals surface area (Å²) >= 11 is 0. The third kappa shape index (κ3) is 2.78. The molecule has 0 aliphatic rings. The molecule has 0 bridgehead atoms. The average Bonchev–Trinajstić information content (AvgIpc) is 2.96. The number of aromatic nitrogens is 2. The summed E-state index contributed by atoms with van der Waals surface area (Å²) < 4.78 is 0. The lowest BCUT2D eigenvalue weighted by Crippen LogP contribution is -2.14. The second-order valence-electron chi connectivity index (χ2n) is 4.79. The van der Waals surface area contributed by atoms with E-state index in [4.69, 9.17) is 0 Å². The fourth-order valence-corrected chi connectivity index (χ4v) is 2.22. The van der Waals surface area contributed by atoms with Gasteiger partial charge in [-0.3, -0.25) is 20.0 Å². The summed E-state index contributed by atoms with van der Waals surface area (Å²) in [6.45, 7) is 0.